The molecule has 0 fully saturated rings. The molecule has 5 nitrogen and oxygen atoms in total. The first kappa shape index (κ1) is 18.0. The number of hydrogen-bond acceptors (Lipinski definition) is 2. The summed E-state index contributed by atoms with van der Waals surface area (Å²) in [5.41, 5.74) is 3.85. The quantitative estimate of drug-likeness (QED) is 0.866. The van der Waals surface area contributed by atoms with Gasteiger partial charge >= 0.3 is 6.03 Å². The third kappa shape index (κ3) is 4.04. The summed E-state index contributed by atoms with van der Waals surface area (Å²) in [7, 11) is 0. The Morgan fingerprint density at radius 2 is 1.92 bits per heavy atom. The highest BCUT2D eigenvalue weighted by Crippen LogP contribution is 2.30. The van der Waals surface area contributed by atoms with Gasteiger partial charge in [-0.3, -0.25) is 4.79 Å². The Morgan fingerprint density at radius 3 is 2.65 bits per heavy atom. The Balaban J connectivity index is 1.65. The summed E-state index contributed by atoms with van der Waals surface area (Å²) in [5.74, 6) is 0.0307. The summed E-state index contributed by atoms with van der Waals surface area (Å²) in [5, 5.41) is 5.77. The molecule has 5 heteroatoms. The predicted molar refractivity (Wildman–Crippen MR) is 103 cm³/mol. The fourth-order valence-corrected chi connectivity index (χ4v) is 3.07. The normalized spacial score (nSPS) is 13.8. The van der Waals surface area contributed by atoms with E-state index in [2.05, 4.69) is 16.7 Å². The lowest BCUT2D eigenvalue weighted by atomic mass is 10.1. The maximum atomic E-state index is 12.7. The molecule has 0 saturated carbocycles. The van der Waals surface area contributed by atoms with Crippen LogP contribution in [-0.4, -0.2) is 24.5 Å². The molecular weight excluding hydrogens is 326 g/mol. The van der Waals surface area contributed by atoms with E-state index in [9.17, 15) is 9.59 Å². The molecule has 0 aromatic heterocycles. The third-order valence-electron chi connectivity index (χ3n) is 4.75. The molecule has 2 aromatic rings. The van der Waals surface area contributed by atoms with Gasteiger partial charge in [-0.05, 0) is 49.1 Å². The van der Waals surface area contributed by atoms with Crippen molar-refractivity contribution >= 4 is 17.6 Å². The van der Waals surface area contributed by atoms with Crippen molar-refractivity contribution in [3.05, 3.63) is 65.2 Å². The summed E-state index contributed by atoms with van der Waals surface area (Å²) in [6, 6.07) is 15.4. The summed E-state index contributed by atoms with van der Waals surface area (Å²) in [4.78, 5) is 26.4. The zero-order chi connectivity index (χ0) is 18.5. The van der Waals surface area contributed by atoms with E-state index >= 15 is 0 Å². The Labute approximate surface area is 154 Å². The van der Waals surface area contributed by atoms with E-state index in [0.717, 1.165) is 29.7 Å². The Kier molecular flexibility index (Phi) is 5.56. The summed E-state index contributed by atoms with van der Waals surface area (Å²) in [6.07, 6.45) is 1.73. The van der Waals surface area contributed by atoms with Crippen LogP contribution in [-0.2, 0) is 13.0 Å². The van der Waals surface area contributed by atoms with Crippen molar-refractivity contribution in [2.45, 2.75) is 39.3 Å². The molecule has 1 aliphatic rings. The van der Waals surface area contributed by atoms with Gasteiger partial charge in [0.05, 0.1) is 0 Å². The molecule has 3 amide bonds. The van der Waals surface area contributed by atoms with Crippen LogP contribution in [0.15, 0.2) is 48.5 Å². The molecular formula is C21H25N3O2. The van der Waals surface area contributed by atoms with Crippen LogP contribution in [0.3, 0.4) is 0 Å². The van der Waals surface area contributed by atoms with Crippen molar-refractivity contribution in [3.8, 4) is 0 Å². The topological polar surface area (TPSA) is 61.4 Å². The highest BCUT2D eigenvalue weighted by molar-refractivity contribution is 6.07. The van der Waals surface area contributed by atoms with Crippen LogP contribution in [0, 0.1) is 0 Å². The number of urea groups is 1. The number of carbonyl (C=O) groups excluding carboxylic acids is 2. The lowest BCUT2D eigenvalue weighted by Gasteiger charge is -2.18. The monoisotopic (exact) mass is 351 g/mol. The molecule has 1 unspecified atom stereocenters. The van der Waals surface area contributed by atoms with Gasteiger partial charge in [0.25, 0.3) is 5.91 Å². The van der Waals surface area contributed by atoms with Gasteiger partial charge in [0.15, 0.2) is 0 Å². The number of nitrogens with zero attached hydrogens (tertiary/aromatic N) is 1. The fourth-order valence-electron chi connectivity index (χ4n) is 3.07. The largest absolute Gasteiger partial charge is 0.336 e. The fraction of sp³-hybridized carbons (Fsp3) is 0.333. The van der Waals surface area contributed by atoms with E-state index in [-0.39, 0.29) is 18.0 Å². The number of fused-ring (bicyclic) bond motifs is 1. The molecule has 0 radical (unpaired) electrons. The minimum absolute atomic E-state index is 0.0307. The van der Waals surface area contributed by atoms with E-state index in [1.165, 1.54) is 0 Å². The second-order valence-electron chi connectivity index (χ2n) is 6.67. The zero-order valence-corrected chi connectivity index (χ0v) is 15.3. The van der Waals surface area contributed by atoms with Crippen molar-refractivity contribution < 1.29 is 9.59 Å². The van der Waals surface area contributed by atoms with Crippen molar-refractivity contribution in [1.82, 2.24) is 10.6 Å². The first-order chi connectivity index (χ1) is 12.6. The predicted octanol–water partition coefficient (Wildman–Crippen LogP) is 3.49. The van der Waals surface area contributed by atoms with E-state index in [0.29, 0.717) is 18.7 Å². The lowest BCUT2D eigenvalue weighted by Crippen LogP contribution is -2.40. The number of anilines is 1. The van der Waals surface area contributed by atoms with Gasteiger partial charge < -0.3 is 15.5 Å². The van der Waals surface area contributed by atoms with E-state index < -0.39 is 0 Å². The SMILES string of the molecule is CCC(C)NC(=O)NCc1ccc2c(c1)CCN2C(=O)c1ccccc1. The zero-order valence-electron chi connectivity index (χ0n) is 15.3. The summed E-state index contributed by atoms with van der Waals surface area (Å²) in [6.45, 7) is 5.18. The second-order valence-corrected chi connectivity index (χ2v) is 6.67. The minimum atomic E-state index is -0.152. The van der Waals surface area contributed by atoms with Gasteiger partial charge in [-0.2, -0.15) is 0 Å². The molecule has 26 heavy (non-hydrogen) atoms. The van der Waals surface area contributed by atoms with E-state index in [4.69, 9.17) is 0 Å². The van der Waals surface area contributed by atoms with Crippen LogP contribution in [0.25, 0.3) is 0 Å². The molecule has 136 valence electrons. The Hall–Kier alpha value is -2.82. The number of benzene rings is 2. The number of hydrogen-bond donors (Lipinski definition) is 2. The molecule has 2 aromatic carbocycles. The molecule has 3 rings (SSSR count). The number of amides is 3. The first-order valence-electron chi connectivity index (χ1n) is 9.11. The van der Waals surface area contributed by atoms with Gasteiger partial charge in [-0.25, -0.2) is 4.79 Å². The Bertz CT molecular complexity index is 789. The van der Waals surface area contributed by atoms with Crippen molar-refractivity contribution in [3.63, 3.8) is 0 Å². The number of rotatable bonds is 5. The molecule has 2 N–H and O–H groups in total. The molecule has 0 aliphatic carbocycles. The average Bonchev–Trinajstić information content (AvgIpc) is 3.09. The van der Waals surface area contributed by atoms with E-state index in [1.807, 2.05) is 61.2 Å². The first-order valence-corrected chi connectivity index (χ1v) is 9.11. The maximum absolute atomic E-state index is 12.7. The molecule has 0 spiro atoms. The smallest absolute Gasteiger partial charge is 0.315 e. The highest BCUT2D eigenvalue weighted by atomic mass is 16.2. The summed E-state index contributed by atoms with van der Waals surface area (Å²) < 4.78 is 0. The van der Waals surface area contributed by atoms with Crippen LogP contribution in [0.5, 0.6) is 0 Å². The molecule has 0 bridgehead atoms. The maximum Gasteiger partial charge on any atom is 0.315 e. The van der Waals surface area contributed by atoms with Crippen LogP contribution < -0.4 is 15.5 Å². The molecule has 0 saturated heterocycles. The van der Waals surface area contributed by atoms with Crippen molar-refractivity contribution in [2.24, 2.45) is 0 Å². The molecule has 1 atom stereocenters. The van der Waals surface area contributed by atoms with Gasteiger partial charge in [0.1, 0.15) is 0 Å². The van der Waals surface area contributed by atoms with Crippen LogP contribution >= 0.6 is 0 Å². The van der Waals surface area contributed by atoms with Gasteiger partial charge in [-0.15, -0.1) is 0 Å². The number of nitrogens with one attached hydrogen (secondary N) is 2. The molecule has 1 heterocycles. The second kappa shape index (κ2) is 8.04. The van der Waals surface area contributed by atoms with E-state index in [1.54, 1.807) is 0 Å². The van der Waals surface area contributed by atoms with Gasteiger partial charge in [-0.1, -0.05) is 37.3 Å². The minimum Gasteiger partial charge on any atom is -0.336 e. The van der Waals surface area contributed by atoms with Gasteiger partial charge in [0.2, 0.25) is 0 Å². The van der Waals surface area contributed by atoms with Crippen molar-refractivity contribution in [2.75, 3.05) is 11.4 Å². The summed E-state index contributed by atoms with van der Waals surface area (Å²) >= 11 is 0. The standard InChI is InChI=1S/C21H25N3O2/c1-3-15(2)23-21(26)22-14-16-9-10-19-18(13-16)11-12-24(19)20(25)17-7-5-4-6-8-17/h4-10,13,15H,3,11-12,14H2,1-2H3,(H2,22,23,26). The third-order valence-corrected chi connectivity index (χ3v) is 4.75. The average molecular weight is 351 g/mol. The Morgan fingerprint density at radius 1 is 1.15 bits per heavy atom. The van der Waals surface area contributed by atoms with Crippen LogP contribution in [0.4, 0.5) is 10.5 Å². The van der Waals surface area contributed by atoms with Crippen LogP contribution in [0.2, 0.25) is 0 Å². The highest BCUT2D eigenvalue weighted by Gasteiger charge is 2.25. The van der Waals surface area contributed by atoms with Gasteiger partial charge in [0, 0.05) is 30.4 Å². The van der Waals surface area contributed by atoms with Crippen LogP contribution in [0.1, 0.15) is 41.8 Å². The molecule has 1 aliphatic heterocycles. The lowest BCUT2D eigenvalue weighted by molar-refractivity contribution is 0.0989. The van der Waals surface area contributed by atoms with Crippen molar-refractivity contribution in [1.29, 1.82) is 0 Å². The number of carbonyl (C=O) groups is 2.